The molecule has 2 N–H and O–H groups in total. The third-order valence-electron chi connectivity index (χ3n) is 4.44. The van der Waals surface area contributed by atoms with Gasteiger partial charge in [0.05, 0.1) is 10.7 Å². The molecule has 0 radical (unpaired) electrons. The number of benzene rings is 1. The molecule has 20 heavy (non-hydrogen) atoms. The third-order valence-corrected chi connectivity index (χ3v) is 4.77. The van der Waals surface area contributed by atoms with Crippen LogP contribution in [0, 0.1) is 12.8 Å². The number of amides is 1. The van der Waals surface area contributed by atoms with Crippen molar-refractivity contribution < 1.29 is 4.79 Å². The minimum atomic E-state index is 0.0869. The molecule has 3 nitrogen and oxygen atoms in total. The number of carbonyl (C=O) groups is 1. The van der Waals surface area contributed by atoms with Gasteiger partial charge in [0.15, 0.2) is 0 Å². The van der Waals surface area contributed by atoms with Crippen molar-refractivity contribution in [2.45, 2.75) is 51.1 Å². The van der Waals surface area contributed by atoms with E-state index in [1.807, 2.05) is 25.1 Å². The Morgan fingerprint density at radius 2 is 2.05 bits per heavy atom. The SMILES string of the molecule is Cc1ccc(Cl)c(NC(=O)CC2CC3CCC(C2)N3)c1. The van der Waals surface area contributed by atoms with E-state index >= 15 is 0 Å². The number of carbonyl (C=O) groups excluding carboxylic acids is 1. The molecule has 2 aliphatic rings. The molecule has 1 amide bonds. The van der Waals surface area contributed by atoms with E-state index in [9.17, 15) is 4.79 Å². The van der Waals surface area contributed by atoms with Crippen LogP contribution in [0.15, 0.2) is 18.2 Å². The zero-order valence-corrected chi connectivity index (χ0v) is 12.5. The van der Waals surface area contributed by atoms with Gasteiger partial charge in [-0.1, -0.05) is 17.7 Å². The number of hydrogen-bond donors (Lipinski definition) is 2. The topological polar surface area (TPSA) is 41.1 Å². The van der Waals surface area contributed by atoms with Crippen molar-refractivity contribution in [3.05, 3.63) is 28.8 Å². The predicted molar refractivity (Wildman–Crippen MR) is 82.1 cm³/mol. The number of hydrogen-bond acceptors (Lipinski definition) is 2. The Balaban J connectivity index is 1.58. The number of rotatable bonds is 3. The first-order chi connectivity index (χ1) is 9.60. The van der Waals surface area contributed by atoms with E-state index in [1.54, 1.807) is 0 Å². The van der Waals surface area contributed by atoms with E-state index in [1.165, 1.54) is 12.8 Å². The standard InChI is InChI=1S/C16H21ClN2O/c1-10-2-5-14(17)15(6-10)19-16(20)9-11-7-12-3-4-13(8-11)18-12/h2,5-6,11-13,18H,3-4,7-9H2,1H3,(H,19,20). The fourth-order valence-electron chi connectivity index (χ4n) is 3.54. The Morgan fingerprint density at radius 1 is 1.35 bits per heavy atom. The molecule has 2 atom stereocenters. The summed E-state index contributed by atoms with van der Waals surface area (Å²) >= 11 is 6.11. The molecule has 0 aromatic heterocycles. The summed E-state index contributed by atoms with van der Waals surface area (Å²) in [4.78, 5) is 12.2. The van der Waals surface area contributed by atoms with Crippen LogP contribution >= 0.6 is 11.6 Å². The second-order valence-electron chi connectivity index (χ2n) is 6.21. The monoisotopic (exact) mass is 292 g/mol. The molecule has 2 saturated heterocycles. The van der Waals surface area contributed by atoms with Gasteiger partial charge in [-0.3, -0.25) is 4.79 Å². The largest absolute Gasteiger partial charge is 0.325 e. The van der Waals surface area contributed by atoms with Gasteiger partial charge in [0.1, 0.15) is 0 Å². The molecule has 0 saturated carbocycles. The maximum atomic E-state index is 12.2. The number of aryl methyl sites for hydroxylation is 1. The van der Waals surface area contributed by atoms with Gasteiger partial charge in [0, 0.05) is 18.5 Å². The summed E-state index contributed by atoms with van der Waals surface area (Å²) in [7, 11) is 0. The molecule has 2 unspecified atom stereocenters. The average Bonchev–Trinajstić information content (AvgIpc) is 2.73. The van der Waals surface area contributed by atoms with Crippen LogP contribution in [0.2, 0.25) is 5.02 Å². The second-order valence-corrected chi connectivity index (χ2v) is 6.62. The van der Waals surface area contributed by atoms with Crippen molar-refractivity contribution >= 4 is 23.2 Å². The summed E-state index contributed by atoms with van der Waals surface area (Å²) in [6.07, 6.45) is 5.41. The summed E-state index contributed by atoms with van der Waals surface area (Å²) in [6.45, 7) is 2.00. The second kappa shape index (κ2) is 5.74. The van der Waals surface area contributed by atoms with Crippen molar-refractivity contribution in [1.29, 1.82) is 0 Å². The number of anilines is 1. The smallest absolute Gasteiger partial charge is 0.224 e. The summed E-state index contributed by atoms with van der Waals surface area (Å²) in [5.41, 5.74) is 1.83. The van der Waals surface area contributed by atoms with Crippen LogP contribution in [0.4, 0.5) is 5.69 Å². The van der Waals surface area contributed by atoms with Crippen LogP contribution < -0.4 is 10.6 Å². The molecule has 3 rings (SSSR count). The maximum absolute atomic E-state index is 12.2. The van der Waals surface area contributed by atoms with Crippen molar-refractivity contribution in [2.75, 3.05) is 5.32 Å². The highest BCUT2D eigenvalue weighted by molar-refractivity contribution is 6.33. The number of nitrogens with one attached hydrogen (secondary N) is 2. The molecule has 2 heterocycles. The van der Waals surface area contributed by atoms with Gasteiger partial charge in [-0.25, -0.2) is 0 Å². The normalized spacial score (nSPS) is 28.4. The molecule has 2 aliphatic heterocycles. The van der Waals surface area contributed by atoms with Gasteiger partial charge in [-0.15, -0.1) is 0 Å². The van der Waals surface area contributed by atoms with Crippen LogP contribution in [-0.4, -0.2) is 18.0 Å². The Labute approximate surface area is 125 Å². The highest BCUT2D eigenvalue weighted by Gasteiger charge is 2.34. The average molecular weight is 293 g/mol. The summed E-state index contributed by atoms with van der Waals surface area (Å²) < 4.78 is 0. The number of halogens is 1. The number of piperidine rings is 1. The van der Waals surface area contributed by atoms with E-state index in [-0.39, 0.29) is 5.91 Å². The van der Waals surface area contributed by atoms with E-state index in [0.717, 1.165) is 24.1 Å². The molecule has 1 aromatic rings. The Morgan fingerprint density at radius 3 is 2.75 bits per heavy atom. The number of fused-ring (bicyclic) bond motifs is 2. The highest BCUT2D eigenvalue weighted by atomic mass is 35.5. The fraction of sp³-hybridized carbons (Fsp3) is 0.562. The molecule has 0 aliphatic carbocycles. The lowest BCUT2D eigenvalue weighted by Crippen LogP contribution is -2.39. The zero-order chi connectivity index (χ0) is 14.1. The molecular weight excluding hydrogens is 272 g/mol. The minimum Gasteiger partial charge on any atom is -0.325 e. The highest BCUT2D eigenvalue weighted by Crippen LogP contribution is 2.33. The van der Waals surface area contributed by atoms with Gasteiger partial charge in [-0.2, -0.15) is 0 Å². The fourth-order valence-corrected chi connectivity index (χ4v) is 3.70. The summed E-state index contributed by atoms with van der Waals surface area (Å²) in [6, 6.07) is 6.97. The van der Waals surface area contributed by atoms with Gasteiger partial charge >= 0.3 is 0 Å². The zero-order valence-electron chi connectivity index (χ0n) is 11.8. The first-order valence-corrected chi connectivity index (χ1v) is 7.80. The van der Waals surface area contributed by atoms with Crippen molar-refractivity contribution in [3.8, 4) is 0 Å². The molecule has 108 valence electrons. The van der Waals surface area contributed by atoms with Crippen LogP contribution in [0.5, 0.6) is 0 Å². The van der Waals surface area contributed by atoms with Gasteiger partial charge in [-0.05, 0) is 56.2 Å². The molecule has 2 fully saturated rings. The maximum Gasteiger partial charge on any atom is 0.224 e. The Bertz CT molecular complexity index is 505. The molecule has 0 spiro atoms. The molecule has 2 bridgehead atoms. The quantitative estimate of drug-likeness (QED) is 0.895. The Kier molecular flexibility index (Phi) is 3.99. The van der Waals surface area contributed by atoms with Crippen molar-refractivity contribution in [3.63, 3.8) is 0 Å². The van der Waals surface area contributed by atoms with Crippen LogP contribution in [-0.2, 0) is 4.79 Å². The van der Waals surface area contributed by atoms with E-state index < -0.39 is 0 Å². The molecule has 4 heteroatoms. The summed E-state index contributed by atoms with van der Waals surface area (Å²) in [5.74, 6) is 0.598. The van der Waals surface area contributed by atoms with E-state index in [2.05, 4.69) is 10.6 Å². The lowest BCUT2D eigenvalue weighted by Gasteiger charge is -2.28. The van der Waals surface area contributed by atoms with Gasteiger partial charge in [0.25, 0.3) is 0 Å². The Hall–Kier alpha value is -1.06. The van der Waals surface area contributed by atoms with E-state index in [4.69, 9.17) is 11.6 Å². The van der Waals surface area contributed by atoms with Crippen LogP contribution in [0.3, 0.4) is 0 Å². The third kappa shape index (κ3) is 3.15. The van der Waals surface area contributed by atoms with Crippen LogP contribution in [0.25, 0.3) is 0 Å². The molecule has 1 aromatic carbocycles. The van der Waals surface area contributed by atoms with Crippen LogP contribution in [0.1, 0.15) is 37.7 Å². The minimum absolute atomic E-state index is 0.0869. The van der Waals surface area contributed by atoms with Crippen molar-refractivity contribution in [2.24, 2.45) is 5.92 Å². The summed E-state index contributed by atoms with van der Waals surface area (Å²) in [5, 5.41) is 7.17. The predicted octanol–water partition coefficient (Wildman–Crippen LogP) is 3.51. The first-order valence-electron chi connectivity index (χ1n) is 7.42. The van der Waals surface area contributed by atoms with Crippen molar-refractivity contribution in [1.82, 2.24) is 5.32 Å². The van der Waals surface area contributed by atoms with Gasteiger partial charge < -0.3 is 10.6 Å². The lowest BCUT2D eigenvalue weighted by atomic mass is 9.89. The molecular formula is C16H21ClN2O. The van der Waals surface area contributed by atoms with E-state index in [0.29, 0.717) is 29.4 Å². The lowest BCUT2D eigenvalue weighted by molar-refractivity contribution is -0.117. The first kappa shape index (κ1) is 13.9. The van der Waals surface area contributed by atoms with Gasteiger partial charge in [0.2, 0.25) is 5.91 Å².